The van der Waals surface area contributed by atoms with Crippen LogP contribution in [0.3, 0.4) is 0 Å². The van der Waals surface area contributed by atoms with Gasteiger partial charge in [-0.2, -0.15) is 0 Å². The molecule has 1 aromatic heterocycles. The van der Waals surface area contributed by atoms with Crippen LogP contribution in [0, 0.1) is 16.0 Å². The Labute approximate surface area is 109 Å². The third kappa shape index (κ3) is 2.89. The number of pyridine rings is 1. The van der Waals surface area contributed by atoms with Crippen molar-refractivity contribution >= 4 is 11.3 Å². The van der Waals surface area contributed by atoms with Gasteiger partial charge in [0.2, 0.25) is 0 Å². The number of rotatable bonds is 3. The SMILES string of the molecule is C[C@@H]1CC(c2ccncc2[N+](=O)[O-])=C[C@H](N=[N+]=[N-])C1. The van der Waals surface area contributed by atoms with Crippen molar-refractivity contribution in [3.63, 3.8) is 0 Å². The van der Waals surface area contributed by atoms with Gasteiger partial charge in [0.15, 0.2) is 0 Å². The maximum Gasteiger partial charge on any atom is 0.294 e. The number of azide groups is 1. The highest BCUT2D eigenvalue weighted by Gasteiger charge is 2.24. The zero-order chi connectivity index (χ0) is 13.8. The van der Waals surface area contributed by atoms with Crippen molar-refractivity contribution in [2.75, 3.05) is 0 Å². The van der Waals surface area contributed by atoms with E-state index in [-0.39, 0.29) is 11.7 Å². The second kappa shape index (κ2) is 5.49. The Bertz CT molecular complexity index is 577. The van der Waals surface area contributed by atoms with Crippen LogP contribution in [0.15, 0.2) is 29.7 Å². The first kappa shape index (κ1) is 13.0. The molecule has 2 rings (SSSR count). The summed E-state index contributed by atoms with van der Waals surface area (Å²) in [5, 5.41) is 14.7. The molecule has 0 saturated heterocycles. The molecule has 1 aliphatic carbocycles. The zero-order valence-electron chi connectivity index (χ0n) is 10.4. The standard InChI is InChI=1S/C12H13N5O2/c1-8-4-9(6-10(5-8)15-16-13)11-2-3-14-7-12(11)17(18)19/h2-3,6-8,10H,4-5H2,1H3/t8-,10-/m1/s1. The van der Waals surface area contributed by atoms with Crippen LogP contribution in [0.4, 0.5) is 5.69 Å². The van der Waals surface area contributed by atoms with Gasteiger partial charge in [-0.05, 0) is 35.9 Å². The second-order valence-electron chi connectivity index (χ2n) is 4.66. The summed E-state index contributed by atoms with van der Waals surface area (Å²) in [4.78, 5) is 17.2. The number of allylic oxidation sites excluding steroid dienone is 1. The van der Waals surface area contributed by atoms with Gasteiger partial charge in [-0.25, -0.2) is 0 Å². The van der Waals surface area contributed by atoms with Crippen molar-refractivity contribution in [2.24, 2.45) is 11.0 Å². The Morgan fingerprint density at radius 3 is 3.11 bits per heavy atom. The van der Waals surface area contributed by atoms with Gasteiger partial charge >= 0.3 is 0 Å². The molecule has 0 aromatic carbocycles. The first-order chi connectivity index (χ1) is 9.11. The lowest BCUT2D eigenvalue weighted by molar-refractivity contribution is -0.385. The molecule has 0 radical (unpaired) electrons. The van der Waals surface area contributed by atoms with E-state index in [0.717, 1.165) is 18.4 Å². The fourth-order valence-electron chi connectivity index (χ4n) is 2.39. The summed E-state index contributed by atoms with van der Waals surface area (Å²) in [5.74, 6) is 0.322. The molecule has 0 spiro atoms. The van der Waals surface area contributed by atoms with E-state index in [2.05, 4.69) is 15.0 Å². The molecule has 1 aromatic rings. The third-order valence-electron chi connectivity index (χ3n) is 3.15. The number of hydrogen-bond acceptors (Lipinski definition) is 4. The first-order valence-electron chi connectivity index (χ1n) is 5.95. The first-order valence-corrected chi connectivity index (χ1v) is 5.95. The molecule has 19 heavy (non-hydrogen) atoms. The Kier molecular flexibility index (Phi) is 3.77. The monoisotopic (exact) mass is 259 g/mol. The summed E-state index contributed by atoms with van der Waals surface area (Å²) in [6, 6.07) is 1.39. The molecule has 2 atom stereocenters. The van der Waals surface area contributed by atoms with Crippen molar-refractivity contribution in [3.05, 3.63) is 50.7 Å². The Hall–Kier alpha value is -2.40. The van der Waals surface area contributed by atoms with Gasteiger partial charge in [0.25, 0.3) is 5.69 Å². The van der Waals surface area contributed by atoms with Gasteiger partial charge in [-0.1, -0.05) is 18.1 Å². The van der Waals surface area contributed by atoms with Crippen molar-refractivity contribution in [1.29, 1.82) is 0 Å². The van der Waals surface area contributed by atoms with Gasteiger partial charge in [0, 0.05) is 11.1 Å². The molecule has 0 saturated carbocycles. The molecule has 0 bridgehead atoms. The molecule has 0 aliphatic heterocycles. The molecule has 1 aliphatic rings. The summed E-state index contributed by atoms with van der Waals surface area (Å²) in [6.07, 6.45) is 6.11. The van der Waals surface area contributed by atoms with Gasteiger partial charge in [0.1, 0.15) is 6.20 Å². The molecule has 0 N–H and O–H groups in total. The van der Waals surface area contributed by atoms with Crippen LogP contribution in [-0.4, -0.2) is 15.9 Å². The summed E-state index contributed by atoms with van der Waals surface area (Å²) in [5.41, 5.74) is 9.92. The Morgan fingerprint density at radius 1 is 1.63 bits per heavy atom. The van der Waals surface area contributed by atoms with E-state index in [1.807, 2.05) is 13.0 Å². The van der Waals surface area contributed by atoms with Gasteiger partial charge in [-0.3, -0.25) is 15.1 Å². The summed E-state index contributed by atoms with van der Waals surface area (Å²) < 4.78 is 0. The second-order valence-corrected chi connectivity index (χ2v) is 4.66. The Balaban J connectivity index is 2.45. The quantitative estimate of drug-likeness (QED) is 0.272. The summed E-state index contributed by atoms with van der Waals surface area (Å²) in [6.45, 7) is 2.04. The molecule has 7 heteroatoms. The molecule has 0 unspecified atom stereocenters. The van der Waals surface area contributed by atoms with Crippen LogP contribution in [0.5, 0.6) is 0 Å². The number of hydrogen-bond donors (Lipinski definition) is 0. The van der Waals surface area contributed by atoms with Gasteiger partial charge < -0.3 is 0 Å². The van der Waals surface area contributed by atoms with Crippen LogP contribution in [0.25, 0.3) is 16.0 Å². The predicted molar refractivity (Wildman–Crippen MR) is 70.2 cm³/mol. The van der Waals surface area contributed by atoms with Crippen LogP contribution in [0.1, 0.15) is 25.3 Å². The average Bonchev–Trinajstić information content (AvgIpc) is 2.38. The molecule has 0 amide bonds. The summed E-state index contributed by atoms with van der Waals surface area (Å²) >= 11 is 0. The van der Waals surface area contributed by atoms with E-state index in [1.165, 1.54) is 12.4 Å². The molecule has 0 fully saturated rings. The normalized spacial score (nSPS) is 22.3. The fourth-order valence-corrected chi connectivity index (χ4v) is 2.39. The predicted octanol–water partition coefficient (Wildman–Crippen LogP) is 3.48. The highest BCUT2D eigenvalue weighted by Crippen LogP contribution is 2.35. The van der Waals surface area contributed by atoms with Crippen LogP contribution >= 0.6 is 0 Å². The van der Waals surface area contributed by atoms with E-state index >= 15 is 0 Å². The van der Waals surface area contributed by atoms with Crippen molar-refractivity contribution in [1.82, 2.24) is 4.98 Å². The highest BCUT2D eigenvalue weighted by atomic mass is 16.6. The topological polar surface area (TPSA) is 105 Å². The molecular weight excluding hydrogens is 246 g/mol. The van der Waals surface area contributed by atoms with Gasteiger partial charge in [-0.15, -0.1) is 0 Å². The lowest BCUT2D eigenvalue weighted by Gasteiger charge is -2.23. The average molecular weight is 259 g/mol. The minimum Gasteiger partial charge on any atom is -0.258 e. The lowest BCUT2D eigenvalue weighted by atomic mass is 9.84. The van der Waals surface area contributed by atoms with E-state index in [4.69, 9.17) is 5.53 Å². The van der Waals surface area contributed by atoms with Crippen LogP contribution in [-0.2, 0) is 0 Å². The Morgan fingerprint density at radius 2 is 2.42 bits per heavy atom. The maximum absolute atomic E-state index is 11.0. The number of nitro groups is 1. The maximum atomic E-state index is 11.0. The molecule has 7 nitrogen and oxygen atoms in total. The smallest absolute Gasteiger partial charge is 0.258 e. The summed E-state index contributed by atoms with van der Waals surface area (Å²) in [7, 11) is 0. The number of aromatic nitrogens is 1. The lowest BCUT2D eigenvalue weighted by Crippen LogP contribution is -2.14. The van der Waals surface area contributed by atoms with E-state index < -0.39 is 4.92 Å². The van der Waals surface area contributed by atoms with E-state index in [0.29, 0.717) is 11.5 Å². The molecular formula is C12H13N5O2. The highest BCUT2D eigenvalue weighted by molar-refractivity contribution is 5.73. The third-order valence-corrected chi connectivity index (χ3v) is 3.15. The van der Waals surface area contributed by atoms with Crippen LogP contribution < -0.4 is 0 Å². The minimum absolute atomic E-state index is 0.0115. The largest absolute Gasteiger partial charge is 0.294 e. The van der Waals surface area contributed by atoms with Crippen molar-refractivity contribution in [3.8, 4) is 0 Å². The minimum atomic E-state index is -0.439. The van der Waals surface area contributed by atoms with E-state index in [1.54, 1.807) is 6.07 Å². The van der Waals surface area contributed by atoms with Gasteiger partial charge in [0.05, 0.1) is 16.5 Å². The number of nitrogens with zero attached hydrogens (tertiary/aromatic N) is 5. The van der Waals surface area contributed by atoms with Crippen LogP contribution in [0.2, 0.25) is 0 Å². The fraction of sp³-hybridized carbons (Fsp3) is 0.417. The molecule has 98 valence electrons. The van der Waals surface area contributed by atoms with Crippen molar-refractivity contribution in [2.45, 2.75) is 25.8 Å². The van der Waals surface area contributed by atoms with Crippen molar-refractivity contribution < 1.29 is 4.92 Å². The van der Waals surface area contributed by atoms with E-state index in [9.17, 15) is 10.1 Å². The molecule has 1 heterocycles. The zero-order valence-corrected chi connectivity index (χ0v) is 10.4.